The van der Waals surface area contributed by atoms with Crippen LogP contribution in [0.15, 0.2) is 0 Å². The van der Waals surface area contributed by atoms with Crippen LogP contribution in [-0.4, -0.2) is 39.0 Å². The summed E-state index contributed by atoms with van der Waals surface area (Å²) in [6, 6.07) is 0. The number of unbranched alkanes of at least 4 members (excludes halogenated alkanes) is 4. The molecule has 0 aromatic carbocycles. The van der Waals surface area contributed by atoms with Crippen molar-refractivity contribution in [2.45, 2.75) is 58.0 Å². The molecule has 0 spiro atoms. The first-order valence-corrected chi connectivity index (χ1v) is 7.33. The molecule has 0 bridgehead atoms. The third kappa shape index (κ3) is 8.58. The monoisotopic (exact) mass is 243 g/mol. The zero-order valence-corrected chi connectivity index (χ0v) is 11.4. The Bertz CT molecular complexity index is 158. The topological polar surface area (TPSA) is 30.5 Å². The van der Waals surface area contributed by atoms with Crippen LogP contribution in [0, 0.1) is 0 Å². The lowest BCUT2D eigenvalue weighted by Crippen LogP contribution is -2.33. The normalized spacial score (nSPS) is 17.5. The Morgan fingerprint density at radius 3 is 2.47 bits per heavy atom. The molecule has 17 heavy (non-hydrogen) atoms. The van der Waals surface area contributed by atoms with E-state index in [1.807, 2.05) is 0 Å². The second kappa shape index (κ2) is 11.0. The zero-order chi connectivity index (χ0) is 12.2. The fourth-order valence-corrected chi connectivity index (χ4v) is 2.15. The van der Waals surface area contributed by atoms with Gasteiger partial charge in [-0.1, -0.05) is 32.6 Å². The van der Waals surface area contributed by atoms with E-state index >= 15 is 0 Å². The Balaban J connectivity index is 1.75. The number of rotatable bonds is 10. The third-order valence-corrected chi connectivity index (χ3v) is 3.26. The molecule has 1 aliphatic rings. The molecule has 0 saturated carbocycles. The smallest absolute Gasteiger partial charge is 0.0704 e. The van der Waals surface area contributed by atoms with Gasteiger partial charge in [-0.3, -0.25) is 0 Å². The third-order valence-electron chi connectivity index (χ3n) is 3.26. The molecule has 0 atom stereocenters. The zero-order valence-electron chi connectivity index (χ0n) is 11.4. The maximum atomic E-state index is 5.76. The quantitative estimate of drug-likeness (QED) is 0.598. The number of hydrogen-bond donors (Lipinski definition) is 1. The minimum absolute atomic E-state index is 0.462. The van der Waals surface area contributed by atoms with Crippen LogP contribution in [0.3, 0.4) is 0 Å². The molecule has 0 aromatic heterocycles. The van der Waals surface area contributed by atoms with Crippen molar-refractivity contribution < 1.29 is 9.47 Å². The van der Waals surface area contributed by atoms with Gasteiger partial charge in [0, 0.05) is 6.61 Å². The van der Waals surface area contributed by atoms with Gasteiger partial charge in [-0.05, 0) is 32.4 Å². The molecule has 1 rings (SSSR count). The first-order chi connectivity index (χ1) is 8.43. The summed E-state index contributed by atoms with van der Waals surface area (Å²) in [5, 5.41) is 3.34. The summed E-state index contributed by atoms with van der Waals surface area (Å²) in [4.78, 5) is 0. The number of hydrogen-bond acceptors (Lipinski definition) is 3. The van der Waals surface area contributed by atoms with Crippen LogP contribution < -0.4 is 5.32 Å². The fourth-order valence-electron chi connectivity index (χ4n) is 2.15. The van der Waals surface area contributed by atoms with Crippen molar-refractivity contribution in [3.63, 3.8) is 0 Å². The van der Waals surface area contributed by atoms with Crippen LogP contribution in [0.4, 0.5) is 0 Å². The molecule has 1 fully saturated rings. The largest absolute Gasteiger partial charge is 0.379 e. The van der Waals surface area contributed by atoms with Gasteiger partial charge in [-0.15, -0.1) is 0 Å². The van der Waals surface area contributed by atoms with Gasteiger partial charge in [0.05, 0.1) is 19.3 Å². The highest BCUT2D eigenvalue weighted by Gasteiger charge is 2.12. The minimum Gasteiger partial charge on any atom is -0.379 e. The highest BCUT2D eigenvalue weighted by Crippen LogP contribution is 2.06. The lowest BCUT2D eigenvalue weighted by molar-refractivity contribution is -0.00771. The summed E-state index contributed by atoms with van der Waals surface area (Å²) in [7, 11) is 0. The van der Waals surface area contributed by atoms with Crippen LogP contribution in [-0.2, 0) is 9.47 Å². The molecule has 1 aliphatic heterocycles. The highest BCUT2D eigenvalue weighted by atomic mass is 16.5. The fraction of sp³-hybridized carbons (Fsp3) is 1.00. The van der Waals surface area contributed by atoms with Crippen molar-refractivity contribution in [3.05, 3.63) is 0 Å². The van der Waals surface area contributed by atoms with E-state index in [9.17, 15) is 0 Å². The van der Waals surface area contributed by atoms with Gasteiger partial charge >= 0.3 is 0 Å². The van der Waals surface area contributed by atoms with Crippen molar-refractivity contribution in [1.82, 2.24) is 5.32 Å². The molecule has 102 valence electrons. The van der Waals surface area contributed by atoms with Crippen molar-refractivity contribution in [2.24, 2.45) is 0 Å². The van der Waals surface area contributed by atoms with Crippen LogP contribution in [0.5, 0.6) is 0 Å². The maximum Gasteiger partial charge on any atom is 0.0704 e. The molecular formula is C14H29NO2. The molecule has 0 radical (unpaired) electrons. The summed E-state index contributed by atoms with van der Waals surface area (Å²) in [6.45, 7) is 6.87. The van der Waals surface area contributed by atoms with E-state index in [0.717, 1.165) is 45.8 Å². The molecule has 3 heteroatoms. The number of ether oxygens (including phenoxy) is 2. The van der Waals surface area contributed by atoms with E-state index < -0.39 is 0 Å². The van der Waals surface area contributed by atoms with Crippen molar-refractivity contribution in [3.8, 4) is 0 Å². The molecule has 0 amide bonds. The average molecular weight is 243 g/mol. The van der Waals surface area contributed by atoms with Gasteiger partial charge in [0.25, 0.3) is 0 Å². The number of piperidine rings is 1. The summed E-state index contributed by atoms with van der Waals surface area (Å²) < 4.78 is 11.3. The summed E-state index contributed by atoms with van der Waals surface area (Å²) in [5.74, 6) is 0. The van der Waals surface area contributed by atoms with Crippen LogP contribution in [0.25, 0.3) is 0 Å². The minimum atomic E-state index is 0.462. The van der Waals surface area contributed by atoms with E-state index in [0.29, 0.717) is 6.10 Å². The molecular weight excluding hydrogens is 214 g/mol. The van der Waals surface area contributed by atoms with E-state index in [1.54, 1.807) is 0 Å². The molecule has 0 unspecified atom stereocenters. The summed E-state index contributed by atoms with van der Waals surface area (Å²) >= 11 is 0. The Labute approximate surface area is 106 Å². The molecule has 1 saturated heterocycles. The highest BCUT2D eigenvalue weighted by molar-refractivity contribution is 4.67. The Hall–Kier alpha value is -0.120. The lowest BCUT2D eigenvalue weighted by Gasteiger charge is -2.22. The summed E-state index contributed by atoms with van der Waals surface area (Å²) in [5.41, 5.74) is 0. The van der Waals surface area contributed by atoms with Crippen LogP contribution in [0.1, 0.15) is 51.9 Å². The van der Waals surface area contributed by atoms with Gasteiger partial charge in [-0.25, -0.2) is 0 Å². The Kier molecular flexibility index (Phi) is 9.66. The second-order valence-corrected chi connectivity index (χ2v) is 4.85. The number of nitrogens with one attached hydrogen (secondary N) is 1. The van der Waals surface area contributed by atoms with Gasteiger partial charge in [-0.2, -0.15) is 0 Å². The van der Waals surface area contributed by atoms with Gasteiger partial charge < -0.3 is 14.8 Å². The standard InChI is InChI=1S/C14H29NO2/c1-2-3-4-5-6-11-16-12-13-17-14-7-9-15-10-8-14/h14-15H,2-13H2,1H3. The van der Waals surface area contributed by atoms with Gasteiger partial charge in [0.2, 0.25) is 0 Å². The van der Waals surface area contributed by atoms with Gasteiger partial charge in [0.15, 0.2) is 0 Å². The SMILES string of the molecule is CCCCCCCOCCOC1CCNCC1. The predicted molar refractivity (Wildman–Crippen MR) is 71.4 cm³/mol. The van der Waals surface area contributed by atoms with Crippen LogP contribution in [0.2, 0.25) is 0 Å². The van der Waals surface area contributed by atoms with E-state index in [-0.39, 0.29) is 0 Å². The second-order valence-electron chi connectivity index (χ2n) is 4.85. The molecule has 1 N–H and O–H groups in total. The first kappa shape index (κ1) is 14.9. The lowest BCUT2D eigenvalue weighted by atomic mass is 10.1. The molecule has 0 aromatic rings. The Morgan fingerprint density at radius 1 is 0.941 bits per heavy atom. The van der Waals surface area contributed by atoms with Crippen molar-refractivity contribution in [2.75, 3.05) is 32.9 Å². The van der Waals surface area contributed by atoms with E-state index in [4.69, 9.17) is 9.47 Å². The summed E-state index contributed by atoms with van der Waals surface area (Å²) in [6.07, 6.45) is 9.30. The predicted octanol–water partition coefficient (Wildman–Crippen LogP) is 2.74. The van der Waals surface area contributed by atoms with E-state index in [2.05, 4.69) is 12.2 Å². The maximum absolute atomic E-state index is 5.76. The van der Waals surface area contributed by atoms with E-state index in [1.165, 1.54) is 32.1 Å². The Morgan fingerprint density at radius 2 is 1.71 bits per heavy atom. The van der Waals surface area contributed by atoms with Crippen molar-refractivity contribution in [1.29, 1.82) is 0 Å². The average Bonchev–Trinajstić information content (AvgIpc) is 2.38. The molecule has 0 aliphatic carbocycles. The molecule has 3 nitrogen and oxygen atoms in total. The van der Waals surface area contributed by atoms with Crippen LogP contribution >= 0.6 is 0 Å². The van der Waals surface area contributed by atoms with Crippen molar-refractivity contribution >= 4 is 0 Å². The molecule has 1 heterocycles. The van der Waals surface area contributed by atoms with Gasteiger partial charge in [0.1, 0.15) is 0 Å². The first-order valence-electron chi connectivity index (χ1n) is 7.33.